The Morgan fingerprint density at radius 2 is 1.58 bits per heavy atom. The summed E-state index contributed by atoms with van der Waals surface area (Å²) in [5.41, 5.74) is 1.47. The molecule has 0 amide bonds. The molecule has 1 saturated heterocycles. The van der Waals surface area contributed by atoms with Crippen LogP contribution in [0.25, 0.3) is 0 Å². The minimum absolute atomic E-state index is 0.0236. The molecule has 2 aromatic rings. The maximum Gasteiger partial charge on any atom is 0.240 e. The molecule has 3 rings (SSSR count). The fourth-order valence-corrected chi connectivity index (χ4v) is 6.76. The first-order valence-corrected chi connectivity index (χ1v) is 14.2. The van der Waals surface area contributed by atoms with Crippen molar-refractivity contribution in [2.45, 2.75) is 53.7 Å². The quantitative estimate of drug-likeness (QED) is 0.570. The van der Waals surface area contributed by atoms with E-state index in [1.54, 1.807) is 30.3 Å². The lowest BCUT2D eigenvalue weighted by Crippen LogP contribution is -2.28. The van der Waals surface area contributed by atoms with Crippen LogP contribution in [0.1, 0.15) is 44.6 Å². The zero-order valence-electron chi connectivity index (χ0n) is 19.7. The highest BCUT2D eigenvalue weighted by molar-refractivity contribution is 7.91. The number of ether oxygens (including phenoxy) is 1. The maximum absolute atomic E-state index is 13.3. The van der Waals surface area contributed by atoms with Crippen molar-refractivity contribution >= 4 is 25.5 Å². The molecule has 1 aliphatic rings. The van der Waals surface area contributed by atoms with Crippen LogP contribution in [0.15, 0.2) is 57.2 Å². The summed E-state index contributed by atoms with van der Waals surface area (Å²) < 4.78 is 61.0. The average Bonchev–Trinajstić information content (AvgIpc) is 2.79. The van der Waals surface area contributed by atoms with Crippen LogP contribution >= 0.6 is 0 Å². The molecule has 0 bridgehead atoms. The molecule has 0 saturated carbocycles. The molecular weight excluding hydrogens is 460 g/mol. The van der Waals surface area contributed by atoms with Crippen molar-refractivity contribution < 1.29 is 21.6 Å². The lowest BCUT2D eigenvalue weighted by atomic mass is 9.97. The summed E-state index contributed by atoms with van der Waals surface area (Å²) in [4.78, 5) is 2.00. The summed E-state index contributed by atoms with van der Waals surface area (Å²) in [5, 5.41) is 0. The van der Waals surface area contributed by atoms with E-state index in [2.05, 4.69) is 4.72 Å². The van der Waals surface area contributed by atoms with Crippen molar-refractivity contribution in [2.24, 2.45) is 5.92 Å². The highest BCUT2D eigenvalue weighted by Crippen LogP contribution is 2.30. The van der Waals surface area contributed by atoms with Gasteiger partial charge in [-0.3, -0.25) is 0 Å². The van der Waals surface area contributed by atoms with Crippen LogP contribution < -0.4 is 9.62 Å². The lowest BCUT2D eigenvalue weighted by molar-refractivity contribution is 0.0644. The molecule has 2 aromatic carbocycles. The SMILES string of the molecule is CC(C)c1ccc(S(=O)(=O)c2ccc(N(C)C)cc2)cc1S(=O)(=O)NCCC1CCOCC1. The van der Waals surface area contributed by atoms with Gasteiger partial charge in [-0.1, -0.05) is 19.9 Å². The molecule has 1 aliphatic heterocycles. The first kappa shape index (κ1) is 25.7. The summed E-state index contributed by atoms with van der Waals surface area (Å²) in [5.74, 6) is 0.353. The average molecular weight is 495 g/mol. The van der Waals surface area contributed by atoms with Gasteiger partial charge in [0.15, 0.2) is 0 Å². The molecule has 0 atom stereocenters. The van der Waals surface area contributed by atoms with E-state index >= 15 is 0 Å². The molecule has 33 heavy (non-hydrogen) atoms. The van der Waals surface area contributed by atoms with Gasteiger partial charge >= 0.3 is 0 Å². The summed E-state index contributed by atoms with van der Waals surface area (Å²) in [6.07, 6.45) is 2.59. The maximum atomic E-state index is 13.3. The number of rotatable bonds is 9. The minimum atomic E-state index is -3.87. The van der Waals surface area contributed by atoms with Gasteiger partial charge in [0.05, 0.1) is 14.7 Å². The summed E-state index contributed by atoms with van der Waals surface area (Å²) in [6, 6.07) is 10.9. The van der Waals surface area contributed by atoms with Gasteiger partial charge in [0, 0.05) is 39.5 Å². The van der Waals surface area contributed by atoms with E-state index < -0.39 is 19.9 Å². The molecule has 0 aliphatic carbocycles. The van der Waals surface area contributed by atoms with Crippen molar-refractivity contribution in [1.29, 1.82) is 0 Å². The predicted molar refractivity (Wildman–Crippen MR) is 130 cm³/mol. The van der Waals surface area contributed by atoms with E-state index in [1.165, 1.54) is 12.1 Å². The van der Waals surface area contributed by atoms with Crippen molar-refractivity contribution in [3.05, 3.63) is 48.0 Å². The van der Waals surface area contributed by atoms with Gasteiger partial charge < -0.3 is 9.64 Å². The Morgan fingerprint density at radius 1 is 0.970 bits per heavy atom. The molecule has 0 aromatic heterocycles. The van der Waals surface area contributed by atoms with E-state index in [9.17, 15) is 16.8 Å². The predicted octanol–water partition coefficient (Wildman–Crippen LogP) is 3.80. The van der Waals surface area contributed by atoms with E-state index in [1.807, 2.05) is 32.8 Å². The topological polar surface area (TPSA) is 92.8 Å². The zero-order valence-corrected chi connectivity index (χ0v) is 21.4. The number of benzene rings is 2. The second kappa shape index (κ2) is 10.5. The van der Waals surface area contributed by atoms with Gasteiger partial charge in [-0.05, 0) is 73.1 Å². The standard InChI is InChI=1S/C24H34N2O5S2/c1-18(2)23-10-9-22(32(27,28)21-7-5-20(6-8-21)26(3)4)17-24(23)33(29,30)25-14-11-19-12-15-31-16-13-19/h5-10,17-19,25H,11-16H2,1-4H3. The van der Waals surface area contributed by atoms with Crippen LogP contribution in [-0.2, 0) is 24.6 Å². The van der Waals surface area contributed by atoms with Gasteiger partial charge in [0.1, 0.15) is 0 Å². The Labute approximate surface area is 198 Å². The summed E-state index contributed by atoms with van der Waals surface area (Å²) >= 11 is 0. The number of hydrogen-bond acceptors (Lipinski definition) is 6. The third-order valence-corrected chi connectivity index (χ3v) is 9.34. The molecule has 182 valence electrons. The van der Waals surface area contributed by atoms with Gasteiger partial charge in [-0.2, -0.15) is 0 Å². The lowest BCUT2D eigenvalue weighted by Gasteiger charge is -2.22. The molecule has 0 radical (unpaired) electrons. The Morgan fingerprint density at radius 3 is 2.15 bits per heavy atom. The van der Waals surface area contributed by atoms with Crippen molar-refractivity contribution in [3.63, 3.8) is 0 Å². The molecule has 7 nitrogen and oxygen atoms in total. The third-order valence-electron chi connectivity index (χ3n) is 6.06. The van der Waals surface area contributed by atoms with Gasteiger partial charge in [-0.15, -0.1) is 0 Å². The highest BCUT2D eigenvalue weighted by Gasteiger charge is 2.26. The molecular formula is C24H34N2O5S2. The van der Waals surface area contributed by atoms with E-state index in [0.29, 0.717) is 31.2 Å². The minimum Gasteiger partial charge on any atom is -0.381 e. The van der Waals surface area contributed by atoms with Crippen molar-refractivity contribution in [2.75, 3.05) is 38.8 Å². The Bertz CT molecular complexity index is 1150. The Balaban J connectivity index is 1.89. The van der Waals surface area contributed by atoms with Gasteiger partial charge in [0.25, 0.3) is 0 Å². The van der Waals surface area contributed by atoms with Gasteiger partial charge in [-0.25, -0.2) is 21.6 Å². The van der Waals surface area contributed by atoms with Crippen LogP contribution in [-0.4, -0.2) is 50.7 Å². The number of sulfonamides is 1. The van der Waals surface area contributed by atoms with Crippen LogP contribution in [0.2, 0.25) is 0 Å². The molecule has 1 fully saturated rings. The number of sulfone groups is 1. The van der Waals surface area contributed by atoms with Crippen LogP contribution in [0.4, 0.5) is 5.69 Å². The number of nitrogens with zero attached hydrogens (tertiary/aromatic N) is 1. The molecule has 0 spiro atoms. The van der Waals surface area contributed by atoms with Gasteiger partial charge in [0.2, 0.25) is 19.9 Å². The van der Waals surface area contributed by atoms with Crippen LogP contribution in [0, 0.1) is 5.92 Å². The first-order chi connectivity index (χ1) is 15.5. The second-order valence-corrected chi connectivity index (χ2v) is 12.7. The van der Waals surface area contributed by atoms with Crippen LogP contribution in [0.5, 0.6) is 0 Å². The largest absolute Gasteiger partial charge is 0.381 e. The van der Waals surface area contributed by atoms with E-state index in [4.69, 9.17) is 4.74 Å². The molecule has 1 N–H and O–H groups in total. The third kappa shape index (κ3) is 6.15. The highest BCUT2D eigenvalue weighted by atomic mass is 32.2. The van der Waals surface area contributed by atoms with Crippen molar-refractivity contribution in [1.82, 2.24) is 4.72 Å². The fraction of sp³-hybridized carbons (Fsp3) is 0.500. The Kier molecular flexibility index (Phi) is 8.21. The van der Waals surface area contributed by atoms with E-state index in [-0.39, 0.29) is 20.6 Å². The first-order valence-electron chi connectivity index (χ1n) is 11.3. The van der Waals surface area contributed by atoms with Crippen LogP contribution in [0.3, 0.4) is 0 Å². The summed E-state index contributed by atoms with van der Waals surface area (Å²) in [6.45, 7) is 5.53. The fourth-order valence-electron chi connectivity index (χ4n) is 3.96. The number of nitrogens with one attached hydrogen (secondary N) is 1. The zero-order chi connectivity index (χ0) is 24.2. The smallest absolute Gasteiger partial charge is 0.240 e. The molecule has 9 heteroatoms. The number of hydrogen-bond donors (Lipinski definition) is 1. The molecule has 0 unspecified atom stereocenters. The summed E-state index contributed by atoms with van der Waals surface area (Å²) in [7, 11) is -3.99. The number of anilines is 1. The molecule has 1 heterocycles. The monoisotopic (exact) mass is 494 g/mol. The second-order valence-electron chi connectivity index (χ2n) is 8.99. The normalized spacial score (nSPS) is 15.7. The van der Waals surface area contributed by atoms with Crippen molar-refractivity contribution in [3.8, 4) is 0 Å². The Hall–Kier alpha value is -1.94. The van der Waals surface area contributed by atoms with E-state index in [0.717, 1.165) is 24.9 Å².